The zero-order valence-corrected chi connectivity index (χ0v) is 13.9. The molecule has 21 heavy (non-hydrogen) atoms. The zero-order chi connectivity index (χ0) is 15.5. The minimum Gasteiger partial charge on any atom is -0.378 e. The fourth-order valence-corrected chi connectivity index (χ4v) is 3.45. The Bertz CT molecular complexity index is 353. The molecule has 0 bridgehead atoms. The molecule has 0 aromatic carbocycles. The molecule has 1 aliphatic heterocycles. The minimum atomic E-state index is -0.327. The maximum Gasteiger partial charge on any atom is 0.253 e. The molecule has 5 heteroatoms. The number of morpholine rings is 1. The molecule has 3 atom stereocenters. The van der Waals surface area contributed by atoms with Crippen molar-refractivity contribution < 1.29 is 14.3 Å². The van der Waals surface area contributed by atoms with E-state index in [0.717, 1.165) is 32.5 Å². The van der Waals surface area contributed by atoms with Crippen LogP contribution in [0.2, 0.25) is 0 Å². The molecule has 1 saturated heterocycles. The van der Waals surface area contributed by atoms with Crippen molar-refractivity contribution >= 4 is 5.91 Å². The highest BCUT2D eigenvalue weighted by Crippen LogP contribution is 2.46. The average Bonchev–Trinajstić information content (AvgIpc) is 2.49. The number of carbonyl (C=O) groups is 1. The van der Waals surface area contributed by atoms with E-state index in [1.165, 1.54) is 0 Å². The molecule has 0 radical (unpaired) electrons. The van der Waals surface area contributed by atoms with Crippen molar-refractivity contribution in [2.24, 2.45) is 5.41 Å². The first kappa shape index (κ1) is 16.7. The van der Waals surface area contributed by atoms with E-state index in [2.05, 4.69) is 26.1 Å². The van der Waals surface area contributed by atoms with Gasteiger partial charge in [0, 0.05) is 37.7 Å². The third-order valence-corrected chi connectivity index (χ3v) is 4.82. The summed E-state index contributed by atoms with van der Waals surface area (Å²) in [7, 11) is 0. The largest absolute Gasteiger partial charge is 0.378 e. The molecular weight excluding hydrogens is 268 g/mol. The van der Waals surface area contributed by atoms with E-state index in [0.29, 0.717) is 13.2 Å². The summed E-state index contributed by atoms with van der Waals surface area (Å²) in [6, 6.07) is 0.257. The minimum absolute atomic E-state index is 0.0168. The Morgan fingerprint density at radius 1 is 1.43 bits per heavy atom. The Labute approximate surface area is 128 Å². The number of carbonyl (C=O) groups excluding carboxylic acids is 1. The highest BCUT2D eigenvalue weighted by atomic mass is 16.5. The normalized spacial score (nSPS) is 31.5. The quantitative estimate of drug-likeness (QED) is 0.806. The molecule has 2 fully saturated rings. The summed E-state index contributed by atoms with van der Waals surface area (Å²) >= 11 is 0. The van der Waals surface area contributed by atoms with Crippen LogP contribution in [0.1, 0.15) is 40.5 Å². The maximum atomic E-state index is 12.8. The van der Waals surface area contributed by atoms with Gasteiger partial charge in [-0.2, -0.15) is 0 Å². The molecule has 0 aromatic rings. The second kappa shape index (κ2) is 7.07. The van der Waals surface area contributed by atoms with E-state index in [1.54, 1.807) is 0 Å². The van der Waals surface area contributed by atoms with Crippen LogP contribution in [0.3, 0.4) is 0 Å². The van der Waals surface area contributed by atoms with Gasteiger partial charge in [0.2, 0.25) is 0 Å². The van der Waals surface area contributed by atoms with Crippen LogP contribution in [0, 0.1) is 5.41 Å². The number of hydrogen-bond donors (Lipinski definition) is 1. The van der Waals surface area contributed by atoms with Crippen LogP contribution in [-0.2, 0) is 14.3 Å². The number of nitrogens with one attached hydrogen (secondary N) is 1. The molecule has 2 aliphatic rings. The molecule has 3 unspecified atom stereocenters. The van der Waals surface area contributed by atoms with Gasteiger partial charge in [0.1, 0.15) is 6.10 Å². The van der Waals surface area contributed by atoms with Crippen molar-refractivity contribution in [2.45, 2.75) is 58.8 Å². The second-order valence-electron chi connectivity index (χ2n) is 6.61. The molecule has 5 nitrogen and oxygen atoms in total. The van der Waals surface area contributed by atoms with Crippen LogP contribution >= 0.6 is 0 Å². The Morgan fingerprint density at radius 2 is 2.19 bits per heavy atom. The van der Waals surface area contributed by atoms with Gasteiger partial charge in [0.25, 0.3) is 5.91 Å². The van der Waals surface area contributed by atoms with E-state index in [1.807, 2.05) is 11.8 Å². The van der Waals surface area contributed by atoms with Crippen LogP contribution in [-0.4, -0.2) is 61.9 Å². The van der Waals surface area contributed by atoms with Gasteiger partial charge in [-0.05, 0) is 19.8 Å². The molecule has 1 aliphatic carbocycles. The van der Waals surface area contributed by atoms with Gasteiger partial charge < -0.3 is 19.7 Å². The van der Waals surface area contributed by atoms with Crippen LogP contribution < -0.4 is 5.32 Å². The standard InChI is InChI=1S/C16H30N2O3/c1-5-8-18(15(19)12-11-17-7-9-21-12)13-10-14(20-6-2)16(13,3)4/h12-14,17H,5-11H2,1-4H3. The van der Waals surface area contributed by atoms with Crippen molar-refractivity contribution in [3.05, 3.63) is 0 Å². The Kier molecular flexibility index (Phi) is 5.63. The zero-order valence-electron chi connectivity index (χ0n) is 13.9. The van der Waals surface area contributed by atoms with Gasteiger partial charge in [0.05, 0.1) is 12.7 Å². The topological polar surface area (TPSA) is 50.8 Å². The Hall–Kier alpha value is -0.650. The number of ether oxygens (including phenoxy) is 2. The van der Waals surface area contributed by atoms with Crippen LogP contribution in [0.4, 0.5) is 0 Å². The molecule has 122 valence electrons. The fraction of sp³-hybridized carbons (Fsp3) is 0.938. The van der Waals surface area contributed by atoms with E-state index in [4.69, 9.17) is 9.47 Å². The van der Waals surface area contributed by atoms with E-state index < -0.39 is 0 Å². The third-order valence-electron chi connectivity index (χ3n) is 4.82. The summed E-state index contributed by atoms with van der Waals surface area (Å²) < 4.78 is 11.4. The number of hydrogen-bond acceptors (Lipinski definition) is 4. The molecule has 1 saturated carbocycles. The van der Waals surface area contributed by atoms with E-state index >= 15 is 0 Å². The van der Waals surface area contributed by atoms with Gasteiger partial charge in [-0.25, -0.2) is 0 Å². The molecule has 1 N–H and O–H groups in total. The van der Waals surface area contributed by atoms with Crippen LogP contribution in [0.25, 0.3) is 0 Å². The second-order valence-corrected chi connectivity index (χ2v) is 6.61. The lowest BCUT2D eigenvalue weighted by atomic mass is 9.63. The predicted octanol–water partition coefficient (Wildman–Crippen LogP) is 1.42. The maximum absolute atomic E-state index is 12.8. The number of nitrogens with zero attached hydrogens (tertiary/aromatic N) is 1. The van der Waals surface area contributed by atoms with Gasteiger partial charge in [-0.3, -0.25) is 4.79 Å². The van der Waals surface area contributed by atoms with Crippen molar-refractivity contribution in [1.82, 2.24) is 10.2 Å². The third kappa shape index (κ3) is 3.41. The van der Waals surface area contributed by atoms with Crippen molar-refractivity contribution in [1.29, 1.82) is 0 Å². The highest BCUT2D eigenvalue weighted by Gasteiger charge is 2.53. The molecular formula is C16H30N2O3. The molecule has 2 rings (SSSR count). The molecule has 1 amide bonds. The van der Waals surface area contributed by atoms with Gasteiger partial charge in [-0.15, -0.1) is 0 Å². The van der Waals surface area contributed by atoms with Crippen molar-refractivity contribution in [3.8, 4) is 0 Å². The first-order valence-corrected chi connectivity index (χ1v) is 8.26. The van der Waals surface area contributed by atoms with Gasteiger partial charge in [-0.1, -0.05) is 20.8 Å². The lowest BCUT2D eigenvalue weighted by Crippen LogP contribution is -2.65. The summed E-state index contributed by atoms with van der Waals surface area (Å²) in [5.41, 5.74) is 0.0168. The van der Waals surface area contributed by atoms with Gasteiger partial charge in [0.15, 0.2) is 0 Å². The van der Waals surface area contributed by atoms with E-state index in [-0.39, 0.29) is 29.6 Å². The van der Waals surface area contributed by atoms with Crippen molar-refractivity contribution in [2.75, 3.05) is 32.8 Å². The predicted molar refractivity (Wildman–Crippen MR) is 82.2 cm³/mol. The SMILES string of the molecule is CCCN(C(=O)C1CNCCO1)C1CC(OCC)C1(C)C. The van der Waals surface area contributed by atoms with Crippen LogP contribution in [0.5, 0.6) is 0 Å². The average molecular weight is 298 g/mol. The lowest BCUT2D eigenvalue weighted by molar-refractivity contribution is -0.176. The first-order chi connectivity index (χ1) is 10.0. The van der Waals surface area contributed by atoms with Crippen molar-refractivity contribution in [3.63, 3.8) is 0 Å². The molecule has 0 spiro atoms. The summed E-state index contributed by atoms with van der Waals surface area (Å²) in [4.78, 5) is 14.8. The number of rotatable bonds is 6. The molecule has 0 aromatic heterocycles. The monoisotopic (exact) mass is 298 g/mol. The summed E-state index contributed by atoms with van der Waals surface area (Å²) in [6.45, 7) is 12.2. The lowest BCUT2D eigenvalue weighted by Gasteiger charge is -2.56. The highest BCUT2D eigenvalue weighted by molar-refractivity contribution is 5.82. The van der Waals surface area contributed by atoms with E-state index in [9.17, 15) is 4.79 Å². The van der Waals surface area contributed by atoms with Crippen LogP contribution in [0.15, 0.2) is 0 Å². The molecule has 1 heterocycles. The summed E-state index contributed by atoms with van der Waals surface area (Å²) in [5.74, 6) is 0.136. The number of amides is 1. The summed E-state index contributed by atoms with van der Waals surface area (Å²) in [5, 5.41) is 3.24. The fourth-order valence-electron chi connectivity index (χ4n) is 3.45. The van der Waals surface area contributed by atoms with Gasteiger partial charge >= 0.3 is 0 Å². The smallest absolute Gasteiger partial charge is 0.253 e. The Balaban J connectivity index is 2.03. The first-order valence-electron chi connectivity index (χ1n) is 8.26. The Morgan fingerprint density at radius 3 is 2.71 bits per heavy atom. The summed E-state index contributed by atoms with van der Waals surface area (Å²) in [6.07, 6.45) is 1.84.